The minimum atomic E-state index is -0.225. The van der Waals surface area contributed by atoms with Crippen LogP contribution in [0.5, 0.6) is 0 Å². The molecule has 7 heteroatoms. The summed E-state index contributed by atoms with van der Waals surface area (Å²) in [5.41, 5.74) is 1.25. The molecule has 1 amide bonds. The Morgan fingerprint density at radius 1 is 1.42 bits per heavy atom. The molecule has 0 bridgehead atoms. The van der Waals surface area contributed by atoms with Crippen molar-refractivity contribution in [3.05, 3.63) is 23.0 Å². The molecule has 1 saturated heterocycles. The van der Waals surface area contributed by atoms with Gasteiger partial charge in [-0.2, -0.15) is 0 Å². The van der Waals surface area contributed by atoms with E-state index in [1.165, 1.54) is 0 Å². The molecule has 6 nitrogen and oxygen atoms in total. The number of aromatic nitrogens is 2. The van der Waals surface area contributed by atoms with Crippen molar-refractivity contribution in [3.63, 3.8) is 0 Å². The van der Waals surface area contributed by atoms with Crippen LogP contribution in [-0.4, -0.2) is 58.7 Å². The number of carbonyl (C=O) groups excluding carboxylic acids is 1. The van der Waals surface area contributed by atoms with E-state index in [4.69, 9.17) is 9.47 Å². The summed E-state index contributed by atoms with van der Waals surface area (Å²) >= 11 is 1.55. The van der Waals surface area contributed by atoms with Crippen LogP contribution in [0.3, 0.4) is 0 Å². The number of amides is 1. The van der Waals surface area contributed by atoms with Crippen molar-refractivity contribution in [2.24, 2.45) is 0 Å². The Bertz CT molecular complexity index is 770. The van der Waals surface area contributed by atoms with Gasteiger partial charge in [-0.25, -0.2) is 4.98 Å². The maximum atomic E-state index is 13.3. The predicted molar refractivity (Wildman–Crippen MR) is 91.6 cm³/mol. The number of thiazole rings is 1. The van der Waals surface area contributed by atoms with Gasteiger partial charge in [-0.15, -0.1) is 11.3 Å². The summed E-state index contributed by atoms with van der Waals surface area (Å²) in [4.78, 5) is 20.7. The minimum Gasteiger partial charge on any atom is -0.381 e. The fourth-order valence-electron chi connectivity index (χ4n) is 4.41. The number of hydrogen-bond acceptors (Lipinski definition) is 5. The zero-order chi connectivity index (χ0) is 16.9. The van der Waals surface area contributed by atoms with E-state index >= 15 is 0 Å². The van der Waals surface area contributed by atoms with Gasteiger partial charge in [0.2, 0.25) is 0 Å². The Morgan fingerprint density at radius 3 is 3.00 bits per heavy atom. The van der Waals surface area contributed by atoms with Gasteiger partial charge in [-0.05, 0) is 32.6 Å². The first kappa shape index (κ1) is 16.1. The molecule has 0 spiro atoms. The lowest BCUT2D eigenvalue weighted by atomic mass is 9.79. The van der Waals surface area contributed by atoms with E-state index in [-0.39, 0.29) is 23.7 Å². The zero-order valence-electron chi connectivity index (χ0n) is 14.3. The molecule has 130 valence electrons. The van der Waals surface area contributed by atoms with Gasteiger partial charge in [-0.1, -0.05) is 0 Å². The number of carbonyl (C=O) groups is 1. The third-order valence-corrected chi connectivity index (χ3v) is 6.53. The first-order valence-electron chi connectivity index (χ1n) is 8.40. The second-order valence-electron chi connectivity index (χ2n) is 6.77. The van der Waals surface area contributed by atoms with Gasteiger partial charge in [0.1, 0.15) is 5.69 Å². The number of rotatable bonds is 3. The van der Waals surface area contributed by atoms with E-state index in [9.17, 15) is 4.79 Å². The number of methoxy groups -OCH3 is 2. The van der Waals surface area contributed by atoms with Crippen LogP contribution in [0.25, 0.3) is 4.96 Å². The van der Waals surface area contributed by atoms with Crippen LogP contribution in [0.1, 0.15) is 41.9 Å². The lowest BCUT2D eigenvalue weighted by molar-refractivity contribution is -0.0894. The van der Waals surface area contributed by atoms with E-state index in [0.717, 1.165) is 42.9 Å². The number of ether oxygens (including phenoxy) is 2. The van der Waals surface area contributed by atoms with Gasteiger partial charge in [0.05, 0.1) is 23.4 Å². The lowest BCUT2D eigenvalue weighted by Gasteiger charge is -2.43. The predicted octanol–water partition coefficient (Wildman–Crippen LogP) is 2.50. The van der Waals surface area contributed by atoms with Crippen LogP contribution in [0, 0.1) is 6.92 Å². The SMILES string of the molecule is CO[C@@H]1CC[C@@]2(OC)CCN(C(=O)c3c(C)nc4sccn34)[C@H]2C1. The molecule has 2 fully saturated rings. The highest BCUT2D eigenvalue weighted by Crippen LogP contribution is 2.43. The maximum Gasteiger partial charge on any atom is 0.273 e. The van der Waals surface area contributed by atoms with Gasteiger partial charge >= 0.3 is 0 Å². The van der Waals surface area contributed by atoms with E-state index in [1.54, 1.807) is 25.6 Å². The standard InChI is InChI=1S/C17H23N3O3S/c1-11-14(20-8-9-24-16(20)18-11)15(21)19-7-6-17(23-3)5-4-12(22-2)10-13(17)19/h8-9,12-13H,4-7,10H2,1-3H3/t12-,13+,17-/m1/s1. The average Bonchev–Trinajstić information content (AvgIpc) is 3.25. The summed E-state index contributed by atoms with van der Waals surface area (Å²) < 4.78 is 13.4. The third-order valence-electron chi connectivity index (χ3n) is 5.77. The number of fused-ring (bicyclic) bond motifs is 2. The van der Waals surface area contributed by atoms with Crippen molar-refractivity contribution < 1.29 is 14.3 Å². The van der Waals surface area contributed by atoms with Crippen LogP contribution in [0.2, 0.25) is 0 Å². The molecular formula is C17H23N3O3S. The Hall–Kier alpha value is -1.44. The molecule has 1 aliphatic heterocycles. The van der Waals surface area contributed by atoms with Crippen LogP contribution < -0.4 is 0 Å². The highest BCUT2D eigenvalue weighted by atomic mass is 32.1. The van der Waals surface area contributed by atoms with Crippen LogP contribution in [-0.2, 0) is 9.47 Å². The van der Waals surface area contributed by atoms with Gasteiger partial charge in [0.15, 0.2) is 4.96 Å². The highest BCUT2D eigenvalue weighted by Gasteiger charge is 2.53. The number of imidazole rings is 1. The van der Waals surface area contributed by atoms with Gasteiger partial charge < -0.3 is 14.4 Å². The summed E-state index contributed by atoms with van der Waals surface area (Å²) in [6, 6.07) is 0.0669. The van der Waals surface area contributed by atoms with Crippen LogP contribution >= 0.6 is 11.3 Å². The van der Waals surface area contributed by atoms with E-state index < -0.39 is 0 Å². The number of aryl methyl sites for hydroxylation is 1. The molecule has 3 heterocycles. The fourth-order valence-corrected chi connectivity index (χ4v) is 5.17. The van der Waals surface area contributed by atoms with E-state index in [2.05, 4.69) is 4.98 Å². The molecule has 2 aromatic heterocycles. The molecule has 2 aliphatic rings. The van der Waals surface area contributed by atoms with Crippen molar-refractivity contribution in [1.82, 2.24) is 14.3 Å². The van der Waals surface area contributed by atoms with Gasteiger partial charge in [0.25, 0.3) is 5.91 Å². The van der Waals surface area contributed by atoms with E-state index in [0.29, 0.717) is 5.69 Å². The largest absolute Gasteiger partial charge is 0.381 e. The molecular weight excluding hydrogens is 326 g/mol. The van der Waals surface area contributed by atoms with Crippen molar-refractivity contribution in [1.29, 1.82) is 0 Å². The van der Waals surface area contributed by atoms with Crippen LogP contribution in [0.15, 0.2) is 11.6 Å². The first-order chi connectivity index (χ1) is 11.6. The highest BCUT2D eigenvalue weighted by molar-refractivity contribution is 7.15. The van der Waals surface area contributed by atoms with Crippen molar-refractivity contribution >= 4 is 22.2 Å². The Labute approximate surface area is 145 Å². The molecule has 2 aromatic rings. The second-order valence-corrected chi connectivity index (χ2v) is 7.64. The molecule has 1 saturated carbocycles. The molecule has 3 atom stereocenters. The molecule has 1 aliphatic carbocycles. The second kappa shape index (κ2) is 5.82. The summed E-state index contributed by atoms with van der Waals surface area (Å²) in [6.07, 6.45) is 5.77. The topological polar surface area (TPSA) is 56.1 Å². The lowest BCUT2D eigenvalue weighted by Crippen LogP contribution is -2.53. The zero-order valence-corrected chi connectivity index (χ0v) is 15.1. The molecule has 0 N–H and O–H groups in total. The van der Waals surface area contributed by atoms with Crippen molar-refractivity contribution in [2.75, 3.05) is 20.8 Å². The fraction of sp³-hybridized carbons (Fsp3) is 0.647. The quantitative estimate of drug-likeness (QED) is 0.854. The third kappa shape index (κ3) is 2.22. The normalized spacial score (nSPS) is 30.0. The summed E-state index contributed by atoms with van der Waals surface area (Å²) in [7, 11) is 3.52. The maximum absolute atomic E-state index is 13.3. The van der Waals surface area contributed by atoms with Crippen LogP contribution in [0.4, 0.5) is 0 Å². The number of likely N-dealkylation sites (tertiary alicyclic amines) is 1. The summed E-state index contributed by atoms with van der Waals surface area (Å²) in [5, 5.41) is 1.96. The smallest absolute Gasteiger partial charge is 0.273 e. The first-order valence-corrected chi connectivity index (χ1v) is 9.28. The molecule has 24 heavy (non-hydrogen) atoms. The summed E-state index contributed by atoms with van der Waals surface area (Å²) in [6.45, 7) is 2.63. The molecule has 0 aromatic carbocycles. The minimum absolute atomic E-state index is 0.0547. The monoisotopic (exact) mass is 349 g/mol. The number of nitrogens with zero attached hydrogens (tertiary/aromatic N) is 3. The van der Waals surface area contributed by atoms with Crippen molar-refractivity contribution in [2.45, 2.75) is 50.4 Å². The Morgan fingerprint density at radius 2 is 2.25 bits per heavy atom. The Balaban J connectivity index is 1.69. The van der Waals surface area contributed by atoms with E-state index in [1.807, 2.05) is 27.8 Å². The molecule has 4 rings (SSSR count). The Kier molecular flexibility index (Phi) is 3.89. The summed E-state index contributed by atoms with van der Waals surface area (Å²) in [5.74, 6) is 0.0547. The average molecular weight is 349 g/mol. The number of hydrogen-bond donors (Lipinski definition) is 0. The van der Waals surface area contributed by atoms with Gasteiger partial charge in [-0.3, -0.25) is 9.20 Å². The molecule has 0 unspecified atom stereocenters. The van der Waals surface area contributed by atoms with Gasteiger partial charge in [0, 0.05) is 32.3 Å². The van der Waals surface area contributed by atoms with Crippen molar-refractivity contribution in [3.8, 4) is 0 Å². The molecule has 0 radical (unpaired) electrons.